The van der Waals surface area contributed by atoms with Gasteiger partial charge in [-0.3, -0.25) is 14.5 Å². The number of anilines is 2. The van der Waals surface area contributed by atoms with Crippen LogP contribution in [0.4, 0.5) is 16.2 Å². The Morgan fingerprint density at radius 1 is 0.885 bits per heavy atom. The average Bonchev–Trinajstić information content (AvgIpc) is 3.67. The Kier molecular flexibility index (Phi) is 12.8. The fourth-order valence-corrected chi connectivity index (χ4v) is 9.23. The van der Waals surface area contributed by atoms with Crippen LogP contribution in [0, 0.1) is 11.8 Å². The Bertz CT molecular complexity index is 2230. The summed E-state index contributed by atoms with van der Waals surface area (Å²) in [6.07, 6.45) is 2.33. The van der Waals surface area contributed by atoms with Gasteiger partial charge in [-0.1, -0.05) is 87.4 Å². The molecular weight excluding hydrogens is 779 g/mol. The lowest BCUT2D eigenvalue weighted by Crippen LogP contribution is -2.71. The summed E-state index contributed by atoms with van der Waals surface area (Å²) in [6.45, 7) is 5.57. The minimum atomic E-state index is -2.79. The summed E-state index contributed by atoms with van der Waals surface area (Å²) < 4.78 is 23.6. The lowest BCUT2D eigenvalue weighted by Gasteiger charge is -2.53. The molecule has 0 spiro atoms. The topological polar surface area (TPSA) is 167 Å². The van der Waals surface area contributed by atoms with Gasteiger partial charge in [0, 0.05) is 56.3 Å². The van der Waals surface area contributed by atoms with Crippen LogP contribution >= 0.6 is 0 Å². The molecule has 1 fully saturated rings. The molecule has 1 amide bonds. The van der Waals surface area contributed by atoms with Crippen molar-refractivity contribution >= 4 is 34.8 Å². The van der Waals surface area contributed by atoms with Gasteiger partial charge < -0.3 is 44.1 Å². The van der Waals surface area contributed by atoms with Crippen molar-refractivity contribution in [1.82, 2.24) is 15.4 Å². The largest absolute Gasteiger partial charge is 0.507 e. The van der Waals surface area contributed by atoms with Crippen LogP contribution in [0.15, 0.2) is 76.8 Å². The van der Waals surface area contributed by atoms with Gasteiger partial charge in [-0.25, -0.2) is 4.79 Å². The Hall–Kier alpha value is -5.86. The fourth-order valence-electron chi connectivity index (χ4n) is 9.23. The number of carbonyl (C=O) groups excluding carboxylic acids is 3. The SMILES string of the molecule is CCCCOc1noc2c1C(=O)[C@@]1(O)C(=O)C3=C(O)c4c(c(N(C)C)cc(N(Cc5ccccc5)Cc5ccccc5)c4OCCCC)C[C@H]3[C@H](NC(=O)OC)[C@H]1[C@@H]2N(C)C. The number of aliphatic hydroxyl groups is 2. The van der Waals surface area contributed by atoms with Gasteiger partial charge in [0.15, 0.2) is 17.1 Å². The van der Waals surface area contributed by atoms with Crippen LogP contribution in [0.5, 0.6) is 11.6 Å². The zero-order chi connectivity index (χ0) is 43.6. The van der Waals surface area contributed by atoms with Crippen molar-refractivity contribution in [2.45, 2.75) is 76.7 Å². The van der Waals surface area contributed by atoms with Gasteiger partial charge in [0.2, 0.25) is 11.6 Å². The molecule has 0 bridgehead atoms. The van der Waals surface area contributed by atoms with E-state index in [-0.39, 0.29) is 35.8 Å². The molecular formula is C47H57N5O9. The Morgan fingerprint density at radius 2 is 1.49 bits per heavy atom. The van der Waals surface area contributed by atoms with Crippen LogP contribution in [0.25, 0.3) is 5.76 Å². The molecule has 61 heavy (non-hydrogen) atoms. The lowest BCUT2D eigenvalue weighted by molar-refractivity contribution is -0.145. The standard InChI is InChI=1S/C47H57N5O9/c1-8-10-22-59-41-33(52(26-28-18-14-12-15-19-28)27-29-20-16-13-17-21-29)25-32(50(3)4)30-24-31-35(40(53)34(30)41)43(54)47(57)37(38(31)48-46(56)58-7)39(51(5)6)42-36(44(47)55)45(49-61-42)60-23-11-9-2/h12-21,25,31,37-39,53,57H,8-11,22-24,26-27H2,1-7H3,(H,48,56)/t31-,37+,38+,39+,47+/m1/s1. The molecule has 14 nitrogen and oxygen atoms in total. The summed E-state index contributed by atoms with van der Waals surface area (Å²) in [5.74, 6) is -4.27. The van der Waals surface area contributed by atoms with Crippen molar-refractivity contribution in [3.05, 3.63) is 106 Å². The molecule has 324 valence electrons. The number of aliphatic hydroxyl groups excluding tert-OH is 1. The number of aromatic nitrogens is 1. The first kappa shape index (κ1) is 43.2. The van der Waals surface area contributed by atoms with Gasteiger partial charge in [0.25, 0.3) is 5.88 Å². The quantitative estimate of drug-likeness (QED) is 0.0789. The monoisotopic (exact) mass is 835 g/mol. The number of benzene rings is 3. The first-order valence-electron chi connectivity index (χ1n) is 21.1. The highest BCUT2D eigenvalue weighted by Gasteiger charge is 2.69. The van der Waals surface area contributed by atoms with Gasteiger partial charge in [0.1, 0.15) is 11.3 Å². The maximum atomic E-state index is 15.4. The number of ether oxygens (including phenoxy) is 3. The van der Waals surface area contributed by atoms with Crippen LogP contribution in [-0.2, 0) is 29.0 Å². The van der Waals surface area contributed by atoms with Crippen LogP contribution in [0.2, 0.25) is 0 Å². The number of hydrogen-bond donors (Lipinski definition) is 3. The second-order valence-corrected chi connectivity index (χ2v) is 16.5. The molecule has 14 heteroatoms. The number of carbonyl (C=O) groups is 3. The van der Waals surface area contributed by atoms with Crippen LogP contribution < -0.4 is 24.6 Å². The predicted molar refractivity (Wildman–Crippen MR) is 231 cm³/mol. The second-order valence-electron chi connectivity index (χ2n) is 16.5. The zero-order valence-corrected chi connectivity index (χ0v) is 36.1. The molecule has 3 aliphatic rings. The smallest absolute Gasteiger partial charge is 0.407 e. The number of nitrogens with zero attached hydrogens (tertiary/aromatic N) is 4. The molecule has 1 aromatic heterocycles. The van der Waals surface area contributed by atoms with E-state index in [4.69, 9.17) is 18.7 Å². The summed E-state index contributed by atoms with van der Waals surface area (Å²) in [4.78, 5) is 49.5. The highest BCUT2D eigenvalue weighted by atomic mass is 16.5. The van der Waals surface area contributed by atoms with Gasteiger partial charge in [-0.15, -0.1) is 0 Å². The number of Topliss-reactive ketones (excluding diaryl/α,β-unsaturated/α-hetero) is 2. The van der Waals surface area contributed by atoms with Crippen molar-refractivity contribution < 1.29 is 43.3 Å². The van der Waals surface area contributed by atoms with Gasteiger partial charge in [0.05, 0.1) is 37.6 Å². The normalized spacial score (nSPS) is 21.6. The van der Waals surface area contributed by atoms with Crippen molar-refractivity contribution in [1.29, 1.82) is 0 Å². The fraction of sp³-hybridized carbons (Fsp3) is 0.447. The third-order valence-corrected chi connectivity index (χ3v) is 12.2. The van der Waals surface area contributed by atoms with Gasteiger partial charge >= 0.3 is 6.09 Å². The molecule has 0 unspecified atom stereocenters. The van der Waals surface area contributed by atoms with Crippen LogP contribution in [-0.4, -0.2) is 98.1 Å². The summed E-state index contributed by atoms with van der Waals surface area (Å²) >= 11 is 0. The molecule has 3 aromatic carbocycles. The average molecular weight is 836 g/mol. The highest BCUT2D eigenvalue weighted by Crippen LogP contribution is 2.58. The lowest BCUT2D eigenvalue weighted by atomic mass is 9.54. The summed E-state index contributed by atoms with van der Waals surface area (Å²) in [5, 5.41) is 32.9. The molecule has 5 atom stereocenters. The van der Waals surface area contributed by atoms with Crippen LogP contribution in [0.3, 0.4) is 0 Å². The number of hydrogen-bond acceptors (Lipinski definition) is 13. The Morgan fingerprint density at radius 3 is 2.05 bits per heavy atom. The van der Waals surface area contributed by atoms with Crippen molar-refractivity contribution in [3.63, 3.8) is 0 Å². The summed E-state index contributed by atoms with van der Waals surface area (Å²) in [5.41, 5.74) is 1.38. The van der Waals surface area contributed by atoms with E-state index in [1.54, 1.807) is 19.0 Å². The number of unbranched alkanes of at least 4 members (excludes halogenated alkanes) is 2. The highest BCUT2D eigenvalue weighted by molar-refractivity contribution is 6.27. The number of methoxy groups -OCH3 is 1. The molecule has 1 saturated carbocycles. The number of ketones is 2. The van der Waals surface area contributed by atoms with Crippen molar-refractivity contribution in [2.24, 2.45) is 11.8 Å². The molecule has 0 radical (unpaired) electrons. The molecule has 0 aliphatic heterocycles. The van der Waals surface area contributed by atoms with E-state index in [9.17, 15) is 19.8 Å². The summed E-state index contributed by atoms with van der Waals surface area (Å²) in [6, 6.07) is 20.1. The second kappa shape index (κ2) is 18.0. The van der Waals surface area contributed by atoms with Crippen molar-refractivity contribution in [3.8, 4) is 11.6 Å². The molecule has 4 aromatic rings. The van der Waals surface area contributed by atoms with E-state index < -0.39 is 52.9 Å². The number of nitrogens with one attached hydrogen (secondary N) is 1. The minimum Gasteiger partial charge on any atom is -0.507 e. The first-order valence-corrected chi connectivity index (χ1v) is 21.1. The molecule has 3 N–H and O–H groups in total. The van der Waals surface area contributed by atoms with Gasteiger partial charge in [-0.05, 0) is 61.3 Å². The van der Waals surface area contributed by atoms with E-state index in [0.29, 0.717) is 48.7 Å². The molecule has 7 rings (SSSR count). The number of fused-ring (bicyclic) bond motifs is 4. The van der Waals surface area contributed by atoms with E-state index in [2.05, 4.69) is 52.6 Å². The minimum absolute atomic E-state index is 0.107. The Balaban J connectivity index is 1.48. The van der Waals surface area contributed by atoms with Crippen LogP contribution in [0.1, 0.15) is 83.9 Å². The number of rotatable bonds is 16. The zero-order valence-electron chi connectivity index (χ0n) is 36.1. The number of amides is 1. The van der Waals surface area contributed by atoms with E-state index >= 15 is 4.79 Å². The maximum absolute atomic E-state index is 15.4. The predicted octanol–water partition coefficient (Wildman–Crippen LogP) is 6.90. The van der Waals surface area contributed by atoms with Crippen molar-refractivity contribution in [2.75, 3.05) is 58.3 Å². The Labute approximate surface area is 357 Å². The van der Waals surface area contributed by atoms with E-state index in [0.717, 1.165) is 36.1 Å². The molecule has 3 aliphatic carbocycles. The first-order chi connectivity index (χ1) is 29.4. The van der Waals surface area contributed by atoms with E-state index in [1.165, 1.54) is 7.11 Å². The van der Waals surface area contributed by atoms with E-state index in [1.807, 2.05) is 62.3 Å². The third-order valence-electron chi connectivity index (χ3n) is 12.2. The summed E-state index contributed by atoms with van der Waals surface area (Å²) in [7, 11) is 8.49. The third kappa shape index (κ3) is 7.83. The van der Waals surface area contributed by atoms with Gasteiger partial charge in [-0.2, -0.15) is 0 Å². The maximum Gasteiger partial charge on any atom is 0.407 e. The number of alkyl carbamates (subject to hydrolysis) is 1. The molecule has 0 saturated heterocycles. The molecule has 1 heterocycles.